The minimum atomic E-state index is 0.0208. The Labute approximate surface area is 180 Å². The van der Waals surface area contributed by atoms with E-state index in [4.69, 9.17) is 9.47 Å². The van der Waals surface area contributed by atoms with E-state index in [2.05, 4.69) is 22.3 Å². The molecule has 2 aromatic rings. The third-order valence-corrected chi connectivity index (χ3v) is 6.98. The predicted molar refractivity (Wildman–Crippen MR) is 117 cm³/mol. The number of hydrogen-bond acceptors (Lipinski definition) is 6. The van der Waals surface area contributed by atoms with Crippen LogP contribution in [0.4, 0.5) is 0 Å². The van der Waals surface area contributed by atoms with Gasteiger partial charge in [-0.3, -0.25) is 14.5 Å². The molecule has 3 heterocycles. The Morgan fingerprint density at radius 3 is 2.83 bits per heavy atom. The van der Waals surface area contributed by atoms with Crippen LogP contribution in [0.3, 0.4) is 0 Å². The van der Waals surface area contributed by atoms with Gasteiger partial charge in [-0.2, -0.15) is 0 Å². The summed E-state index contributed by atoms with van der Waals surface area (Å²) in [5.41, 5.74) is 1.16. The summed E-state index contributed by atoms with van der Waals surface area (Å²) in [6.07, 6.45) is 0.954. The fourth-order valence-corrected chi connectivity index (χ4v) is 5.56. The molecule has 1 N–H and O–H groups in total. The molecule has 0 aliphatic carbocycles. The van der Waals surface area contributed by atoms with Crippen LogP contribution >= 0.6 is 11.3 Å². The zero-order valence-corrected chi connectivity index (χ0v) is 18.2. The lowest BCUT2D eigenvalue weighted by Crippen LogP contribution is -2.40. The van der Waals surface area contributed by atoms with Crippen LogP contribution in [0.2, 0.25) is 0 Å². The van der Waals surface area contributed by atoms with Gasteiger partial charge in [-0.15, -0.1) is 11.3 Å². The number of morpholine rings is 1. The molecule has 0 saturated carbocycles. The van der Waals surface area contributed by atoms with Gasteiger partial charge >= 0.3 is 0 Å². The summed E-state index contributed by atoms with van der Waals surface area (Å²) in [4.78, 5) is 30.5. The van der Waals surface area contributed by atoms with Gasteiger partial charge in [0.15, 0.2) is 0 Å². The second-order valence-electron chi connectivity index (χ2n) is 7.81. The van der Waals surface area contributed by atoms with Crippen LogP contribution in [0.5, 0.6) is 0 Å². The van der Waals surface area contributed by atoms with E-state index in [0.29, 0.717) is 46.0 Å². The number of likely N-dealkylation sites (tertiary alicyclic amines) is 1. The maximum Gasteiger partial charge on any atom is 0.264 e. The number of rotatable bonds is 7. The maximum absolute atomic E-state index is 13.3. The lowest BCUT2D eigenvalue weighted by molar-refractivity contribution is -0.122. The monoisotopic (exact) mass is 431 g/mol. The summed E-state index contributed by atoms with van der Waals surface area (Å²) >= 11 is 1.60. The summed E-state index contributed by atoms with van der Waals surface area (Å²) in [5.74, 6) is 0.394. The van der Waals surface area contributed by atoms with E-state index in [0.717, 1.165) is 34.7 Å². The molecule has 30 heavy (non-hydrogen) atoms. The van der Waals surface area contributed by atoms with Gasteiger partial charge in [-0.1, -0.05) is 18.2 Å². The van der Waals surface area contributed by atoms with Gasteiger partial charge in [-0.05, 0) is 30.0 Å². The van der Waals surface area contributed by atoms with Crippen LogP contribution in [0.25, 0.3) is 10.1 Å². The van der Waals surface area contributed by atoms with E-state index in [-0.39, 0.29) is 17.7 Å². The van der Waals surface area contributed by atoms with Crippen LogP contribution in [-0.2, 0) is 14.3 Å². The van der Waals surface area contributed by atoms with Crippen molar-refractivity contribution in [3.8, 4) is 0 Å². The molecule has 2 aliphatic heterocycles. The summed E-state index contributed by atoms with van der Waals surface area (Å²) in [6, 6.07) is 8.28. The first-order valence-corrected chi connectivity index (χ1v) is 11.4. The van der Waals surface area contributed by atoms with Crippen LogP contribution in [0.1, 0.15) is 27.6 Å². The van der Waals surface area contributed by atoms with Gasteiger partial charge in [0.25, 0.3) is 5.91 Å². The van der Waals surface area contributed by atoms with Crippen molar-refractivity contribution in [2.24, 2.45) is 0 Å². The lowest BCUT2D eigenvalue weighted by atomic mass is 9.94. The molecule has 1 aromatic heterocycles. The first-order chi connectivity index (χ1) is 14.7. The topological polar surface area (TPSA) is 71.1 Å². The summed E-state index contributed by atoms with van der Waals surface area (Å²) < 4.78 is 11.6. The standard InChI is InChI=1S/C22H29N3O4S/c1-28-11-7-23-19(26)15-24-8-6-16(14-24)20-17-4-2-3-5-18(17)30-21(20)22(27)25-9-12-29-13-10-25/h2-5,16H,6-15H2,1H3,(H,23,26)/t16-/m0/s1. The van der Waals surface area contributed by atoms with Gasteiger partial charge in [0.2, 0.25) is 5.91 Å². The normalized spacial score (nSPS) is 20.0. The fourth-order valence-electron chi connectivity index (χ4n) is 4.30. The summed E-state index contributed by atoms with van der Waals surface area (Å²) in [7, 11) is 1.62. The number of carbonyl (C=O) groups is 2. The van der Waals surface area contributed by atoms with Crippen molar-refractivity contribution in [3.05, 3.63) is 34.7 Å². The Hall–Kier alpha value is -2.00. The SMILES string of the molecule is COCCNC(=O)CN1CC[C@H](c2c(C(=O)N3CCOCC3)sc3ccccc23)C1. The second kappa shape index (κ2) is 9.87. The molecule has 2 aliphatic rings. The Morgan fingerprint density at radius 2 is 2.03 bits per heavy atom. The first kappa shape index (κ1) is 21.2. The molecule has 1 aromatic carbocycles. The minimum absolute atomic E-state index is 0.0208. The molecule has 162 valence electrons. The molecular formula is C22H29N3O4S. The zero-order chi connectivity index (χ0) is 20.9. The second-order valence-corrected chi connectivity index (χ2v) is 8.86. The van der Waals surface area contributed by atoms with Crippen molar-refractivity contribution in [1.82, 2.24) is 15.1 Å². The molecule has 0 unspecified atom stereocenters. The van der Waals surface area contributed by atoms with Crippen LogP contribution in [0, 0.1) is 0 Å². The summed E-state index contributed by atoms with van der Waals surface area (Å²) in [5, 5.41) is 4.06. The molecule has 2 amide bonds. The van der Waals surface area contributed by atoms with E-state index in [1.807, 2.05) is 17.0 Å². The zero-order valence-electron chi connectivity index (χ0n) is 17.4. The van der Waals surface area contributed by atoms with Crippen molar-refractivity contribution < 1.29 is 19.1 Å². The molecule has 1 atom stereocenters. The van der Waals surface area contributed by atoms with Gasteiger partial charge in [0.05, 0.1) is 31.2 Å². The molecule has 0 spiro atoms. The Morgan fingerprint density at radius 1 is 1.23 bits per heavy atom. The van der Waals surface area contributed by atoms with E-state index in [1.165, 1.54) is 5.39 Å². The molecule has 0 radical (unpaired) electrons. The van der Waals surface area contributed by atoms with Crippen LogP contribution < -0.4 is 5.32 Å². The third-order valence-electron chi connectivity index (χ3n) is 5.80. The molecule has 2 fully saturated rings. The smallest absolute Gasteiger partial charge is 0.264 e. The van der Waals surface area contributed by atoms with Crippen molar-refractivity contribution in [3.63, 3.8) is 0 Å². The highest BCUT2D eigenvalue weighted by atomic mass is 32.1. The van der Waals surface area contributed by atoms with E-state index < -0.39 is 0 Å². The number of ether oxygens (including phenoxy) is 2. The highest BCUT2D eigenvalue weighted by Crippen LogP contribution is 2.40. The van der Waals surface area contributed by atoms with Crippen LogP contribution in [0.15, 0.2) is 24.3 Å². The number of benzene rings is 1. The lowest BCUT2D eigenvalue weighted by Gasteiger charge is -2.27. The van der Waals surface area contributed by atoms with Crippen molar-refractivity contribution in [1.29, 1.82) is 0 Å². The van der Waals surface area contributed by atoms with Gasteiger partial charge in [0.1, 0.15) is 0 Å². The van der Waals surface area contributed by atoms with Gasteiger partial charge in [-0.25, -0.2) is 0 Å². The Bertz CT molecular complexity index is 894. The van der Waals surface area contributed by atoms with E-state index in [9.17, 15) is 9.59 Å². The number of nitrogens with zero attached hydrogens (tertiary/aromatic N) is 2. The molecule has 0 bridgehead atoms. The molecule has 8 heteroatoms. The van der Waals surface area contributed by atoms with Crippen LogP contribution in [-0.4, -0.2) is 87.8 Å². The van der Waals surface area contributed by atoms with Crippen molar-refractivity contribution in [2.75, 3.05) is 66.2 Å². The number of hydrogen-bond donors (Lipinski definition) is 1. The number of carbonyl (C=O) groups excluding carboxylic acids is 2. The van der Waals surface area contributed by atoms with E-state index in [1.54, 1.807) is 18.4 Å². The number of methoxy groups -OCH3 is 1. The third kappa shape index (κ3) is 4.67. The van der Waals surface area contributed by atoms with Gasteiger partial charge < -0.3 is 19.7 Å². The first-order valence-electron chi connectivity index (χ1n) is 10.5. The Kier molecular flexibility index (Phi) is 6.99. The molecule has 4 rings (SSSR count). The Balaban J connectivity index is 1.52. The number of fused-ring (bicyclic) bond motifs is 1. The average molecular weight is 432 g/mol. The quantitative estimate of drug-likeness (QED) is 0.679. The predicted octanol–water partition coefficient (Wildman–Crippen LogP) is 1.93. The highest BCUT2D eigenvalue weighted by molar-refractivity contribution is 7.21. The number of amides is 2. The van der Waals surface area contributed by atoms with Gasteiger partial charge in [0, 0.05) is 43.9 Å². The maximum atomic E-state index is 13.3. The molecule has 7 nitrogen and oxygen atoms in total. The molecule has 2 saturated heterocycles. The summed E-state index contributed by atoms with van der Waals surface area (Å²) in [6.45, 7) is 5.56. The number of nitrogens with one attached hydrogen (secondary N) is 1. The minimum Gasteiger partial charge on any atom is -0.383 e. The van der Waals surface area contributed by atoms with E-state index >= 15 is 0 Å². The van der Waals surface area contributed by atoms with Crippen molar-refractivity contribution in [2.45, 2.75) is 12.3 Å². The van der Waals surface area contributed by atoms with Crippen molar-refractivity contribution >= 4 is 33.2 Å². The molecular weight excluding hydrogens is 402 g/mol. The fraction of sp³-hybridized carbons (Fsp3) is 0.545. The number of thiophene rings is 1. The highest BCUT2D eigenvalue weighted by Gasteiger charge is 2.32. The average Bonchev–Trinajstić information content (AvgIpc) is 3.38. The largest absolute Gasteiger partial charge is 0.383 e.